The average molecular weight is 293 g/mol. The van der Waals surface area contributed by atoms with Gasteiger partial charge < -0.3 is 15.8 Å². The highest BCUT2D eigenvalue weighted by atomic mass is 16.5. The van der Waals surface area contributed by atoms with Crippen LogP contribution >= 0.6 is 0 Å². The van der Waals surface area contributed by atoms with Gasteiger partial charge in [0.2, 0.25) is 5.91 Å². The summed E-state index contributed by atoms with van der Waals surface area (Å²) in [4.78, 5) is 13.8. The summed E-state index contributed by atoms with van der Waals surface area (Å²) in [7, 11) is 0. The minimum Gasteiger partial charge on any atom is -0.492 e. The number of benzene rings is 1. The van der Waals surface area contributed by atoms with Crippen LogP contribution in [-0.2, 0) is 11.3 Å². The van der Waals surface area contributed by atoms with E-state index in [2.05, 4.69) is 10.2 Å². The predicted octanol–water partition coefficient (Wildman–Crippen LogP) is 1.37. The van der Waals surface area contributed by atoms with E-state index in [0.29, 0.717) is 19.7 Å². The number of rotatable bonds is 9. The van der Waals surface area contributed by atoms with Gasteiger partial charge in [0.1, 0.15) is 12.4 Å². The monoisotopic (exact) mass is 293 g/mol. The smallest absolute Gasteiger partial charge is 0.234 e. The molecule has 0 spiro atoms. The molecule has 0 atom stereocenters. The van der Waals surface area contributed by atoms with Gasteiger partial charge in [-0.05, 0) is 38.1 Å². The Hall–Kier alpha value is -1.59. The van der Waals surface area contributed by atoms with Crippen LogP contribution in [-0.4, -0.2) is 43.1 Å². The first kappa shape index (κ1) is 17.5. The third-order valence-electron chi connectivity index (χ3n) is 3.07. The molecule has 0 aliphatic carbocycles. The molecule has 0 aromatic heterocycles. The molecule has 5 heteroatoms. The Morgan fingerprint density at radius 2 is 2.19 bits per heavy atom. The van der Waals surface area contributed by atoms with Crippen LogP contribution in [0.25, 0.3) is 0 Å². The lowest BCUT2D eigenvalue weighted by molar-refractivity contribution is -0.122. The molecule has 0 saturated heterocycles. The number of carbonyl (C=O) groups is 1. The zero-order valence-electron chi connectivity index (χ0n) is 13.3. The van der Waals surface area contributed by atoms with E-state index in [9.17, 15) is 4.79 Å². The van der Waals surface area contributed by atoms with Crippen molar-refractivity contribution in [1.29, 1.82) is 0 Å². The molecule has 1 aromatic carbocycles. The van der Waals surface area contributed by atoms with Gasteiger partial charge >= 0.3 is 0 Å². The minimum atomic E-state index is 0.0528. The number of amides is 1. The van der Waals surface area contributed by atoms with Crippen LogP contribution in [0.5, 0.6) is 5.75 Å². The Kier molecular flexibility index (Phi) is 7.79. The van der Waals surface area contributed by atoms with Crippen LogP contribution in [0, 0.1) is 0 Å². The highest BCUT2D eigenvalue weighted by Gasteiger charge is 2.09. The summed E-state index contributed by atoms with van der Waals surface area (Å²) in [6.07, 6.45) is 0. The maximum Gasteiger partial charge on any atom is 0.234 e. The number of likely N-dealkylation sites (N-methyl/N-ethyl adjacent to an activating group) is 1. The molecule has 0 saturated carbocycles. The lowest BCUT2D eigenvalue weighted by Gasteiger charge is -2.20. The topological polar surface area (TPSA) is 67.6 Å². The van der Waals surface area contributed by atoms with E-state index in [0.717, 1.165) is 24.4 Å². The molecule has 118 valence electrons. The van der Waals surface area contributed by atoms with Gasteiger partial charge in [-0.1, -0.05) is 19.1 Å². The first-order valence-corrected chi connectivity index (χ1v) is 7.48. The van der Waals surface area contributed by atoms with Crippen molar-refractivity contribution in [1.82, 2.24) is 10.2 Å². The largest absolute Gasteiger partial charge is 0.492 e. The predicted molar refractivity (Wildman–Crippen MR) is 85.2 cm³/mol. The number of nitrogens with one attached hydrogen (secondary N) is 1. The summed E-state index contributed by atoms with van der Waals surface area (Å²) in [5.74, 6) is 0.873. The van der Waals surface area contributed by atoms with Crippen LogP contribution < -0.4 is 15.8 Å². The zero-order chi connectivity index (χ0) is 15.7. The molecule has 1 rings (SSSR count). The van der Waals surface area contributed by atoms with E-state index in [-0.39, 0.29) is 11.9 Å². The third kappa shape index (κ3) is 7.11. The fraction of sp³-hybridized carbons (Fsp3) is 0.562. The zero-order valence-corrected chi connectivity index (χ0v) is 13.3. The van der Waals surface area contributed by atoms with Crippen LogP contribution in [0.1, 0.15) is 26.3 Å². The van der Waals surface area contributed by atoms with Gasteiger partial charge in [-0.3, -0.25) is 9.69 Å². The number of nitrogens with two attached hydrogens (primary N) is 1. The molecule has 0 fully saturated rings. The number of ether oxygens (including phenoxy) is 1. The second kappa shape index (κ2) is 9.37. The Bertz CT molecular complexity index is 435. The molecule has 0 bridgehead atoms. The summed E-state index contributed by atoms with van der Waals surface area (Å²) in [6.45, 7) is 8.96. The molecule has 0 aliphatic heterocycles. The third-order valence-corrected chi connectivity index (χ3v) is 3.07. The summed E-state index contributed by atoms with van der Waals surface area (Å²) in [6, 6.07) is 7.95. The lowest BCUT2D eigenvalue weighted by atomic mass is 10.2. The molecular weight excluding hydrogens is 266 g/mol. The molecule has 3 N–H and O–H groups in total. The van der Waals surface area contributed by atoms with Gasteiger partial charge in [-0.2, -0.15) is 0 Å². The quantitative estimate of drug-likeness (QED) is 0.721. The summed E-state index contributed by atoms with van der Waals surface area (Å²) in [5, 5.41) is 2.90. The highest BCUT2D eigenvalue weighted by molar-refractivity contribution is 5.78. The minimum absolute atomic E-state index is 0.0528. The maximum atomic E-state index is 11.7. The van der Waals surface area contributed by atoms with Crippen LogP contribution in [0.4, 0.5) is 0 Å². The van der Waals surface area contributed by atoms with Crippen molar-refractivity contribution in [2.75, 3.05) is 26.2 Å². The van der Waals surface area contributed by atoms with Crippen molar-refractivity contribution < 1.29 is 9.53 Å². The molecular formula is C16H27N3O2. The van der Waals surface area contributed by atoms with Crippen LogP contribution in [0.3, 0.4) is 0 Å². The lowest BCUT2D eigenvalue weighted by Crippen LogP contribution is -2.41. The molecule has 0 radical (unpaired) electrons. The first-order valence-electron chi connectivity index (χ1n) is 7.48. The van der Waals surface area contributed by atoms with Crippen molar-refractivity contribution in [3.05, 3.63) is 29.8 Å². The molecule has 5 nitrogen and oxygen atoms in total. The molecule has 21 heavy (non-hydrogen) atoms. The summed E-state index contributed by atoms with van der Waals surface area (Å²) in [5.41, 5.74) is 6.66. The van der Waals surface area contributed by atoms with Crippen molar-refractivity contribution in [2.45, 2.75) is 33.4 Å². The number of carbonyl (C=O) groups excluding carboxylic acids is 1. The maximum absolute atomic E-state index is 11.7. The van der Waals surface area contributed by atoms with E-state index in [1.807, 2.05) is 45.0 Å². The molecule has 1 aromatic rings. The molecule has 1 amide bonds. The van der Waals surface area contributed by atoms with E-state index in [1.54, 1.807) is 0 Å². The Morgan fingerprint density at radius 1 is 1.43 bits per heavy atom. The second-order valence-corrected chi connectivity index (χ2v) is 5.29. The average Bonchev–Trinajstić information content (AvgIpc) is 2.45. The number of nitrogens with zero attached hydrogens (tertiary/aromatic N) is 1. The van der Waals surface area contributed by atoms with Crippen molar-refractivity contribution in [3.63, 3.8) is 0 Å². The van der Waals surface area contributed by atoms with Crippen molar-refractivity contribution >= 4 is 5.91 Å². The van der Waals surface area contributed by atoms with Crippen LogP contribution in [0.2, 0.25) is 0 Å². The Morgan fingerprint density at radius 3 is 2.81 bits per heavy atom. The van der Waals surface area contributed by atoms with Gasteiger partial charge in [0.25, 0.3) is 0 Å². The molecule has 0 aliphatic rings. The standard InChI is InChI=1S/C16H27N3O2/c1-4-19(12-16(20)18-13(2)3)8-9-21-15-7-5-6-14(10-15)11-17/h5-7,10,13H,4,8-9,11-12,17H2,1-3H3,(H,18,20). The van der Waals surface area contributed by atoms with Gasteiger partial charge in [0, 0.05) is 19.1 Å². The normalized spacial score (nSPS) is 11.0. The van der Waals surface area contributed by atoms with E-state index in [1.165, 1.54) is 0 Å². The fourth-order valence-corrected chi connectivity index (χ4v) is 1.97. The van der Waals surface area contributed by atoms with Gasteiger partial charge in [-0.15, -0.1) is 0 Å². The van der Waals surface area contributed by atoms with Gasteiger partial charge in [0.15, 0.2) is 0 Å². The SMILES string of the molecule is CCN(CCOc1cccc(CN)c1)CC(=O)NC(C)C. The highest BCUT2D eigenvalue weighted by Crippen LogP contribution is 2.12. The second-order valence-electron chi connectivity index (χ2n) is 5.29. The van der Waals surface area contributed by atoms with Crippen molar-refractivity contribution in [2.24, 2.45) is 5.73 Å². The summed E-state index contributed by atoms with van der Waals surface area (Å²) < 4.78 is 5.71. The van der Waals surface area contributed by atoms with E-state index < -0.39 is 0 Å². The van der Waals surface area contributed by atoms with Gasteiger partial charge in [0.05, 0.1) is 6.54 Å². The Labute approximate surface area is 127 Å². The summed E-state index contributed by atoms with van der Waals surface area (Å²) >= 11 is 0. The molecule has 0 heterocycles. The number of hydrogen-bond donors (Lipinski definition) is 2. The number of hydrogen-bond acceptors (Lipinski definition) is 4. The fourth-order valence-electron chi connectivity index (χ4n) is 1.97. The van der Waals surface area contributed by atoms with E-state index in [4.69, 9.17) is 10.5 Å². The van der Waals surface area contributed by atoms with Crippen molar-refractivity contribution in [3.8, 4) is 5.75 Å². The molecule has 0 unspecified atom stereocenters. The van der Waals surface area contributed by atoms with E-state index >= 15 is 0 Å². The first-order chi connectivity index (χ1) is 10.0. The van der Waals surface area contributed by atoms with Gasteiger partial charge in [-0.25, -0.2) is 0 Å². The Balaban J connectivity index is 2.36. The van der Waals surface area contributed by atoms with Crippen LogP contribution in [0.15, 0.2) is 24.3 Å².